The number of anilines is 2. The normalized spacial score (nSPS) is 15.0. The van der Waals surface area contributed by atoms with Crippen molar-refractivity contribution < 1.29 is 31.1 Å². The third kappa shape index (κ3) is 5.15. The van der Waals surface area contributed by atoms with Crippen molar-refractivity contribution in [3.8, 4) is 5.75 Å². The quantitative estimate of drug-likeness (QED) is 0.712. The molecule has 3 N–H and O–H groups in total. The van der Waals surface area contributed by atoms with Gasteiger partial charge in [0, 0.05) is 18.7 Å². The fraction of sp³-hybridized carbons (Fsp3) is 0.316. The van der Waals surface area contributed by atoms with Crippen LogP contribution in [0.5, 0.6) is 5.75 Å². The number of carbonyl (C=O) groups is 1. The third-order valence-electron chi connectivity index (χ3n) is 4.59. The molecule has 1 fully saturated rings. The lowest BCUT2D eigenvalue weighted by Gasteiger charge is -2.31. The minimum absolute atomic E-state index is 0.0509. The van der Waals surface area contributed by atoms with E-state index in [1.54, 1.807) is 6.07 Å². The molecule has 0 unspecified atom stereocenters. The van der Waals surface area contributed by atoms with Crippen molar-refractivity contribution in [1.29, 1.82) is 0 Å². The van der Waals surface area contributed by atoms with Crippen LogP contribution in [0.4, 0.5) is 24.5 Å². The van der Waals surface area contributed by atoms with E-state index in [9.17, 15) is 26.4 Å². The molecular formula is C19H20F3N3O4S. The Bertz CT molecular complexity index is 1040. The first-order chi connectivity index (χ1) is 14.1. The largest absolute Gasteiger partial charge is 0.573 e. The first-order valence-electron chi connectivity index (χ1n) is 9.13. The van der Waals surface area contributed by atoms with E-state index in [1.165, 1.54) is 24.3 Å². The molecule has 0 aliphatic carbocycles. The van der Waals surface area contributed by atoms with Gasteiger partial charge in [-0.1, -0.05) is 12.1 Å². The lowest BCUT2D eigenvalue weighted by molar-refractivity contribution is -0.275. The number of nitrogens with zero attached hydrogens (tertiary/aromatic N) is 1. The lowest BCUT2D eigenvalue weighted by Crippen LogP contribution is -2.30. The average Bonchev–Trinajstić information content (AvgIpc) is 2.67. The molecule has 0 aromatic heterocycles. The van der Waals surface area contributed by atoms with E-state index in [0.717, 1.165) is 31.4 Å². The van der Waals surface area contributed by atoms with Crippen molar-refractivity contribution in [3.05, 3.63) is 48.0 Å². The van der Waals surface area contributed by atoms with E-state index in [1.807, 2.05) is 4.90 Å². The molecule has 0 bridgehead atoms. The molecule has 1 aliphatic rings. The van der Waals surface area contributed by atoms with Crippen molar-refractivity contribution in [2.75, 3.05) is 22.7 Å². The van der Waals surface area contributed by atoms with Crippen LogP contribution in [-0.4, -0.2) is 33.8 Å². The molecule has 0 atom stereocenters. The molecule has 1 saturated heterocycles. The SMILES string of the molecule is NC(=O)c1ccc(N2CCCCC2)c(NS(=O)(=O)c2ccccc2OC(F)(F)F)c1. The molecular weight excluding hydrogens is 423 g/mol. The van der Waals surface area contributed by atoms with E-state index in [-0.39, 0.29) is 11.3 Å². The van der Waals surface area contributed by atoms with Gasteiger partial charge in [0.2, 0.25) is 5.91 Å². The number of hydrogen-bond acceptors (Lipinski definition) is 5. The van der Waals surface area contributed by atoms with Crippen LogP contribution in [0.2, 0.25) is 0 Å². The maximum atomic E-state index is 12.9. The highest BCUT2D eigenvalue weighted by Crippen LogP contribution is 2.34. The van der Waals surface area contributed by atoms with Gasteiger partial charge in [-0.2, -0.15) is 0 Å². The molecule has 2 aromatic rings. The zero-order chi connectivity index (χ0) is 21.9. The Morgan fingerprint density at radius 3 is 2.37 bits per heavy atom. The van der Waals surface area contributed by atoms with E-state index in [2.05, 4.69) is 9.46 Å². The molecule has 0 saturated carbocycles. The molecule has 1 aliphatic heterocycles. The summed E-state index contributed by atoms with van der Waals surface area (Å²) < 4.78 is 70.1. The number of alkyl halides is 3. The van der Waals surface area contributed by atoms with Gasteiger partial charge in [0.15, 0.2) is 0 Å². The van der Waals surface area contributed by atoms with E-state index in [4.69, 9.17) is 5.73 Å². The van der Waals surface area contributed by atoms with Crippen molar-refractivity contribution in [1.82, 2.24) is 0 Å². The number of primary amides is 1. The molecule has 1 heterocycles. The van der Waals surface area contributed by atoms with Crippen molar-refractivity contribution in [3.63, 3.8) is 0 Å². The van der Waals surface area contributed by atoms with Crippen LogP contribution in [0.15, 0.2) is 47.4 Å². The highest BCUT2D eigenvalue weighted by Gasteiger charge is 2.34. The molecule has 2 aromatic carbocycles. The number of sulfonamides is 1. The van der Waals surface area contributed by atoms with Crippen LogP contribution in [0.3, 0.4) is 0 Å². The van der Waals surface area contributed by atoms with Crippen molar-refractivity contribution in [2.45, 2.75) is 30.5 Å². The van der Waals surface area contributed by atoms with Crippen LogP contribution in [0.25, 0.3) is 0 Å². The molecule has 11 heteroatoms. The summed E-state index contributed by atoms with van der Waals surface area (Å²) in [4.78, 5) is 12.8. The van der Waals surface area contributed by atoms with Gasteiger partial charge in [0.05, 0.1) is 11.4 Å². The first kappa shape index (κ1) is 21.8. The second-order valence-electron chi connectivity index (χ2n) is 6.74. The van der Waals surface area contributed by atoms with Gasteiger partial charge in [-0.25, -0.2) is 8.42 Å². The highest BCUT2D eigenvalue weighted by atomic mass is 32.2. The van der Waals surface area contributed by atoms with E-state index < -0.39 is 32.9 Å². The maximum absolute atomic E-state index is 12.9. The van der Waals surface area contributed by atoms with Gasteiger partial charge in [0.1, 0.15) is 10.6 Å². The zero-order valence-electron chi connectivity index (χ0n) is 15.8. The minimum Gasteiger partial charge on any atom is -0.404 e. The molecule has 30 heavy (non-hydrogen) atoms. The molecule has 162 valence electrons. The van der Waals surface area contributed by atoms with Gasteiger partial charge >= 0.3 is 6.36 Å². The van der Waals surface area contributed by atoms with Gasteiger partial charge in [-0.05, 0) is 49.6 Å². The van der Waals surface area contributed by atoms with Gasteiger partial charge < -0.3 is 15.4 Å². The molecule has 3 rings (SSSR count). The van der Waals surface area contributed by atoms with Crippen LogP contribution < -0.4 is 20.1 Å². The number of para-hydroxylation sites is 1. The maximum Gasteiger partial charge on any atom is 0.573 e. The van der Waals surface area contributed by atoms with Gasteiger partial charge in [0.25, 0.3) is 10.0 Å². The monoisotopic (exact) mass is 443 g/mol. The summed E-state index contributed by atoms with van der Waals surface area (Å²) in [5.74, 6) is -1.62. The summed E-state index contributed by atoms with van der Waals surface area (Å²) in [6, 6.07) is 8.74. The van der Waals surface area contributed by atoms with Crippen LogP contribution >= 0.6 is 0 Å². The van der Waals surface area contributed by atoms with Crippen molar-refractivity contribution in [2.24, 2.45) is 5.73 Å². The first-order valence-corrected chi connectivity index (χ1v) is 10.6. The number of carbonyl (C=O) groups excluding carboxylic acids is 1. The Balaban J connectivity index is 2.02. The number of nitrogens with two attached hydrogens (primary N) is 1. The number of piperidine rings is 1. The predicted octanol–water partition coefficient (Wildman–Crippen LogP) is 3.48. The summed E-state index contributed by atoms with van der Waals surface area (Å²) in [5, 5.41) is 0. The second kappa shape index (κ2) is 8.42. The standard InChI is InChI=1S/C19H20F3N3O4S/c20-19(21,22)29-16-6-2-3-7-17(16)30(27,28)24-14-12-13(18(23)26)8-9-15(14)25-10-4-1-5-11-25/h2-3,6-9,12,24H,1,4-5,10-11H2,(H2,23,26). The molecule has 7 nitrogen and oxygen atoms in total. The van der Waals surface area contributed by atoms with E-state index >= 15 is 0 Å². The Kier molecular flexibility index (Phi) is 6.11. The Morgan fingerprint density at radius 1 is 1.07 bits per heavy atom. The molecule has 1 amide bonds. The summed E-state index contributed by atoms with van der Waals surface area (Å²) in [7, 11) is -4.47. The molecule has 0 spiro atoms. The number of halogens is 3. The number of rotatable bonds is 6. The predicted molar refractivity (Wildman–Crippen MR) is 105 cm³/mol. The minimum atomic E-state index is -5.06. The topological polar surface area (TPSA) is 102 Å². The second-order valence-corrected chi connectivity index (χ2v) is 8.39. The van der Waals surface area contributed by atoms with Gasteiger partial charge in [-0.15, -0.1) is 13.2 Å². The lowest BCUT2D eigenvalue weighted by atomic mass is 10.1. The smallest absolute Gasteiger partial charge is 0.404 e. The number of amides is 1. The Hall–Kier alpha value is -2.95. The van der Waals surface area contributed by atoms with E-state index in [0.29, 0.717) is 18.8 Å². The molecule has 0 radical (unpaired) electrons. The number of benzene rings is 2. The summed E-state index contributed by atoms with van der Waals surface area (Å²) in [5.41, 5.74) is 5.93. The number of nitrogens with one attached hydrogen (secondary N) is 1. The van der Waals surface area contributed by atoms with Gasteiger partial charge in [-0.3, -0.25) is 9.52 Å². The zero-order valence-corrected chi connectivity index (χ0v) is 16.6. The number of ether oxygens (including phenoxy) is 1. The van der Waals surface area contributed by atoms with Crippen LogP contribution in [-0.2, 0) is 10.0 Å². The summed E-state index contributed by atoms with van der Waals surface area (Å²) in [6.07, 6.45) is -2.20. The summed E-state index contributed by atoms with van der Waals surface area (Å²) >= 11 is 0. The van der Waals surface area contributed by atoms with Crippen LogP contribution in [0, 0.1) is 0 Å². The van der Waals surface area contributed by atoms with Crippen molar-refractivity contribution >= 4 is 27.3 Å². The third-order valence-corrected chi connectivity index (χ3v) is 5.99. The van der Waals surface area contributed by atoms with Crippen LogP contribution in [0.1, 0.15) is 29.6 Å². The Morgan fingerprint density at radius 2 is 1.73 bits per heavy atom. The number of hydrogen-bond donors (Lipinski definition) is 2. The Labute approximate surface area is 171 Å². The summed E-state index contributed by atoms with van der Waals surface area (Å²) in [6.45, 7) is 1.36. The highest BCUT2D eigenvalue weighted by molar-refractivity contribution is 7.92. The average molecular weight is 443 g/mol. The fourth-order valence-corrected chi connectivity index (χ4v) is 4.46. The fourth-order valence-electron chi connectivity index (χ4n) is 3.26.